The van der Waals surface area contributed by atoms with Gasteiger partial charge >= 0.3 is 0 Å². The number of nitrogens with one attached hydrogen (secondary N) is 1. The normalized spacial score (nSPS) is 26.4. The average molecular weight is 198 g/mol. The van der Waals surface area contributed by atoms with Gasteiger partial charge in [0.2, 0.25) is 0 Å². The molecule has 2 heteroatoms. The molecule has 0 aromatic rings. The second-order valence-electron chi connectivity index (χ2n) is 4.50. The summed E-state index contributed by atoms with van der Waals surface area (Å²) in [5.41, 5.74) is 0. The van der Waals surface area contributed by atoms with Crippen molar-refractivity contribution in [2.45, 2.75) is 58.5 Å². The minimum atomic E-state index is 0.695. The molecule has 0 saturated carbocycles. The molecule has 1 fully saturated rings. The number of likely N-dealkylation sites (N-methyl/N-ethyl adjacent to an activating group) is 1. The Morgan fingerprint density at radius 2 is 2.14 bits per heavy atom. The van der Waals surface area contributed by atoms with Gasteiger partial charge < -0.3 is 5.32 Å². The first-order chi connectivity index (χ1) is 6.77. The Morgan fingerprint density at radius 3 is 2.71 bits per heavy atom. The summed E-state index contributed by atoms with van der Waals surface area (Å²) in [6.07, 6.45) is 5.46. The molecule has 2 unspecified atom stereocenters. The van der Waals surface area contributed by atoms with Crippen molar-refractivity contribution in [1.82, 2.24) is 10.2 Å². The fourth-order valence-corrected chi connectivity index (χ4v) is 2.34. The second-order valence-corrected chi connectivity index (χ2v) is 4.50. The van der Waals surface area contributed by atoms with Crippen LogP contribution >= 0.6 is 0 Å². The first kappa shape index (κ1) is 12.0. The topological polar surface area (TPSA) is 15.3 Å². The van der Waals surface area contributed by atoms with E-state index in [0.29, 0.717) is 6.04 Å². The van der Waals surface area contributed by atoms with E-state index in [1.165, 1.54) is 38.8 Å². The summed E-state index contributed by atoms with van der Waals surface area (Å²) < 4.78 is 0. The molecule has 1 heterocycles. The lowest BCUT2D eigenvalue weighted by molar-refractivity contribution is 0.143. The van der Waals surface area contributed by atoms with Crippen molar-refractivity contribution in [2.75, 3.05) is 19.6 Å². The summed E-state index contributed by atoms with van der Waals surface area (Å²) in [6.45, 7) is 10.5. The first-order valence-electron chi connectivity index (χ1n) is 6.25. The molecule has 0 amide bonds. The van der Waals surface area contributed by atoms with Gasteiger partial charge in [-0.1, -0.05) is 20.3 Å². The zero-order valence-electron chi connectivity index (χ0n) is 10.1. The van der Waals surface area contributed by atoms with Gasteiger partial charge in [-0.3, -0.25) is 4.90 Å². The van der Waals surface area contributed by atoms with E-state index in [4.69, 9.17) is 0 Å². The Balaban J connectivity index is 2.31. The lowest BCUT2D eigenvalue weighted by Gasteiger charge is -2.36. The predicted molar refractivity (Wildman–Crippen MR) is 62.6 cm³/mol. The number of hydrogen-bond donors (Lipinski definition) is 1. The molecule has 0 aromatic heterocycles. The van der Waals surface area contributed by atoms with Crippen LogP contribution in [0.5, 0.6) is 0 Å². The lowest BCUT2D eigenvalue weighted by atomic mass is 10.0. The van der Waals surface area contributed by atoms with Crippen molar-refractivity contribution in [3.63, 3.8) is 0 Å². The van der Waals surface area contributed by atoms with Gasteiger partial charge in [-0.15, -0.1) is 0 Å². The van der Waals surface area contributed by atoms with Crippen LogP contribution < -0.4 is 5.32 Å². The minimum Gasteiger partial charge on any atom is -0.313 e. The van der Waals surface area contributed by atoms with Gasteiger partial charge in [0.15, 0.2) is 0 Å². The van der Waals surface area contributed by atoms with Gasteiger partial charge in [0, 0.05) is 18.6 Å². The molecule has 2 atom stereocenters. The van der Waals surface area contributed by atoms with E-state index in [0.717, 1.165) is 12.6 Å². The summed E-state index contributed by atoms with van der Waals surface area (Å²) in [6, 6.07) is 1.50. The fourth-order valence-electron chi connectivity index (χ4n) is 2.34. The van der Waals surface area contributed by atoms with Crippen LogP contribution in [0.4, 0.5) is 0 Å². The van der Waals surface area contributed by atoms with Crippen LogP contribution in [0.1, 0.15) is 46.5 Å². The first-order valence-corrected chi connectivity index (χ1v) is 6.25. The Bertz CT molecular complexity index is 147. The van der Waals surface area contributed by atoms with Crippen LogP contribution in [-0.4, -0.2) is 36.6 Å². The van der Waals surface area contributed by atoms with Crippen LogP contribution in [0.3, 0.4) is 0 Å². The monoisotopic (exact) mass is 198 g/mol. The lowest BCUT2D eigenvalue weighted by Crippen LogP contribution is -2.46. The summed E-state index contributed by atoms with van der Waals surface area (Å²) in [5.74, 6) is 0. The minimum absolute atomic E-state index is 0.695. The quantitative estimate of drug-likeness (QED) is 0.729. The van der Waals surface area contributed by atoms with Gasteiger partial charge in [-0.2, -0.15) is 0 Å². The van der Waals surface area contributed by atoms with Crippen molar-refractivity contribution in [3.8, 4) is 0 Å². The number of likely N-dealkylation sites (tertiary alicyclic amines) is 1. The molecule has 1 N–H and O–H groups in total. The van der Waals surface area contributed by atoms with Gasteiger partial charge in [-0.25, -0.2) is 0 Å². The molecule has 1 aliphatic heterocycles. The summed E-state index contributed by atoms with van der Waals surface area (Å²) in [5, 5.41) is 3.56. The summed E-state index contributed by atoms with van der Waals surface area (Å²) in [4.78, 5) is 2.65. The van der Waals surface area contributed by atoms with E-state index in [-0.39, 0.29) is 0 Å². The van der Waals surface area contributed by atoms with E-state index >= 15 is 0 Å². The SMILES string of the molecule is CCNC(CC)CN1CCCCC1C. The molecule has 1 saturated heterocycles. The van der Waals surface area contributed by atoms with Crippen LogP contribution in [0, 0.1) is 0 Å². The van der Waals surface area contributed by atoms with Gasteiger partial charge in [0.05, 0.1) is 0 Å². The average Bonchev–Trinajstić information content (AvgIpc) is 2.20. The van der Waals surface area contributed by atoms with Gasteiger partial charge in [0.1, 0.15) is 0 Å². The number of piperidine rings is 1. The van der Waals surface area contributed by atoms with E-state index in [1.807, 2.05) is 0 Å². The van der Waals surface area contributed by atoms with E-state index in [1.54, 1.807) is 0 Å². The van der Waals surface area contributed by atoms with Crippen molar-refractivity contribution >= 4 is 0 Å². The number of rotatable bonds is 5. The van der Waals surface area contributed by atoms with Crippen molar-refractivity contribution < 1.29 is 0 Å². The fraction of sp³-hybridized carbons (Fsp3) is 1.00. The Kier molecular flexibility index (Phi) is 5.49. The van der Waals surface area contributed by atoms with Crippen molar-refractivity contribution in [3.05, 3.63) is 0 Å². The molecule has 1 rings (SSSR count). The molecule has 0 bridgehead atoms. The molecule has 0 aromatic carbocycles. The molecule has 2 nitrogen and oxygen atoms in total. The summed E-state index contributed by atoms with van der Waals surface area (Å²) >= 11 is 0. The second kappa shape index (κ2) is 6.41. The van der Waals surface area contributed by atoms with Crippen LogP contribution in [-0.2, 0) is 0 Å². The Morgan fingerprint density at radius 1 is 1.36 bits per heavy atom. The zero-order chi connectivity index (χ0) is 10.4. The molecule has 0 spiro atoms. The third-order valence-electron chi connectivity index (χ3n) is 3.38. The highest BCUT2D eigenvalue weighted by atomic mass is 15.2. The van der Waals surface area contributed by atoms with E-state index in [9.17, 15) is 0 Å². The maximum Gasteiger partial charge on any atom is 0.0192 e. The number of hydrogen-bond acceptors (Lipinski definition) is 2. The van der Waals surface area contributed by atoms with Gasteiger partial charge in [0.25, 0.3) is 0 Å². The van der Waals surface area contributed by atoms with Crippen LogP contribution in [0.25, 0.3) is 0 Å². The van der Waals surface area contributed by atoms with Gasteiger partial charge in [-0.05, 0) is 39.3 Å². The van der Waals surface area contributed by atoms with Crippen LogP contribution in [0.2, 0.25) is 0 Å². The van der Waals surface area contributed by atoms with E-state index < -0.39 is 0 Å². The highest BCUT2D eigenvalue weighted by Crippen LogP contribution is 2.16. The molecular formula is C12H26N2. The third-order valence-corrected chi connectivity index (χ3v) is 3.38. The predicted octanol–water partition coefficient (Wildman–Crippen LogP) is 2.25. The molecule has 1 aliphatic rings. The highest BCUT2D eigenvalue weighted by Gasteiger charge is 2.20. The smallest absolute Gasteiger partial charge is 0.0192 e. The maximum atomic E-state index is 3.56. The molecular weight excluding hydrogens is 172 g/mol. The molecule has 84 valence electrons. The molecule has 0 radical (unpaired) electrons. The van der Waals surface area contributed by atoms with Crippen molar-refractivity contribution in [1.29, 1.82) is 0 Å². The Labute approximate surface area is 89.1 Å². The number of nitrogens with zero attached hydrogens (tertiary/aromatic N) is 1. The molecule has 14 heavy (non-hydrogen) atoms. The standard InChI is InChI=1S/C12H26N2/c1-4-12(13-5-2)10-14-9-7-6-8-11(14)3/h11-13H,4-10H2,1-3H3. The van der Waals surface area contributed by atoms with E-state index in [2.05, 4.69) is 31.0 Å². The Hall–Kier alpha value is -0.0800. The summed E-state index contributed by atoms with van der Waals surface area (Å²) in [7, 11) is 0. The molecule has 0 aliphatic carbocycles. The van der Waals surface area contributed by atoms with Crippen LogP contribution in [0.15, 0.2) is 0 Å². The maximum absolute atomic E-state index is 3.56. The largest absolute Gasteiger partial charge is 0.313 e. The third kappa shape index (κ3) is 3.58. The zero-order valence-corrected chi connectivity index (χ0v) is 10.1. The highest BCUT2D eigenvalue weighted by molar-refractivity contribution is 4.77. The van der Waals surface area contributed by atoms with Crippen molar-refractivity contribution in [2.24, 2.45) is 0 Å².